The molecule has 2 aromatic rings. The highest BCUT2D eigenvalue weighted by atomic mass is 16.8. The number of benzene rings is 1. The molecule has 1 aromatic heterocycles. The lowest BCUT2D eigenvalue weighted by atomic mass is 9.73. The number of Topliss-reactive ketones (excluding diaryl/α,β-unsaturated/α-hetero) is 1. The Balaban J connectivity index is 1.52. The first-order valence-electron chi connectivity index (χ1n) is 21.7. The molecule has 63 heavy (non-hydrogen) atoms. The molecule has 3 aliphatic heterocycles. The van der Waals surface area contributed by atoms with E-state index in [9.17, 15) is 29.1 Å². The van der Waals surface area contributed by atoms with E-state index < -0.39 is 95.8 Å². The summed E-state index contributed by atoms with van der Waals surface area (Å²) in [4.78, 5) is 69.6. The van der Waals surface area contributed by atoms with E-state index in [1.54, 1.807) is 66.0 Å². The zero-order valence-corrected chi connectivity index (χ0v) is 38.1. The van der Waals surface area contributed by atoms with Gasteiger partial charge in [-0.05, 0) is 84.8 Å². The number of ether oxygens (including phenoxy) is 7. The van der Waals surface area contributed by atoms with Crippen molar-refractivity contribution in [2.75, 3.05) is 20.7 Å². The van der Waals surface area contributed by atoms with E-state index in [0.29, 0.717) is 6.42 Å². The van der Waals surface area contributed by atoms with Gasteiger partial charge in [0.2, 0.25) is 0 Å². The minimum atomic E-state index is -1.79. The van der Waals surface area contributed by atoms with Gasteiger partial charge in [-0.25, -0.2) is 9.59 Å². The molecular formula is C46H64N4O13. The number of amides is 1. The summed E-state index contributed by atoms with van der Waals surface area (Å²) in [6, 6.07) is 9.93. The Bertz CT molecular complexity index is 1950. The van der Waals surface area contributed by atoms with Gasteiger partial charge in [-0.3, -0.25) is 14.4 Å². The standard InChI is InChI=1S/C46H64N4O13/c1-12-35-46(9)39(48-43(55)62-46)27(4)36(52)25(2)24-45(8,63-44(56)57-22-14-15-31-17-19-32(20-18-31)33-16-13-21-47-49-33)40(28(5)37(53)29(6)41(54)60-35)61-42-38(59-30(7)51)34(50(10)11)23-26(3)58-42/h13-21,25-29,34-35,37-40,42,53H,12,22-24H2,1-11H3,(H,48,55)/b15-14+/t25-,26-,27+,28+,29-,34+,35-,37+,38-,39-,40-,42+,45-,46-/m1/s1. The third kappa shape index (κ3) is 11.4. The van der Waals surface area contributed by atoms with Gasteiger partial charge in [0.15, 0.2) is 18.0 Å². The van der Waals surface area contributed by atoms with E-state index in [2.05, 4.69) is 15.5 Å². The number of cyclic esters (lactones) is 1. The third-order valence-electron chi connectivity index (χ3n) is 12.7. The first-order chi connectivity index (χ1) is 29.7. The van der Waals surface area contributed by atoms with Gasteiger partial charge in [-0.15, -0.1) is 0 Å². The van der Waals surface area contributed by atoms with Crippen LogP contribution in [0.5, 0.6) is 0 Å². The largest absolute Gasteiger partial charge is 0.509 e. The molecule has 0 unspecified atom stereocenters. The van der Waals surface area contributed by atoms with Crippen LogP contribution in [0, 0.1) is 23.7 Å². The summed E-state index contributed by atoms with van der Waals surface area (Å²) in [5.74, 6) is -5.67. The normalized spacial score (nSPS) is 35.5. The van der Waals surface area contributed by atoms with E-state index in [4.69, 9.17) is 33.2 Å². The number of alkyl carbamates (subject to hydrolysis) is 1. The molecule has 17 nitrogen and oxygen atoms in total. The molecule has 3 saturated heterocycles. The number of aromatic nitrogens is 2. The predicted octanol–water partition coefficient (Wildman–Crippen LogP) is 5.52. The van der Waals surface area contributed by atoms with Crippen LogP contribution in [-0.4, -0.2) is 131 Å². The van der Waals surface area contributed by atoms with Crippen LogP contribution in [0.25, 0.3) is 17.3 Å². The van der Waals surface area contributed by atoms with Crippen molar-refractivity contribution >= 4 is 36.0 Å². The Labute approximate surface area is 369 Å². The minimum Gasteiger partial charge on any atom is -0.458 e. The van der Waals surface area contributed by atoms with E-state index in [-0.39, 0.29) is 37.4 Å². The quantitative estimate of drug-likeness (QED) is 0.222. The molecule has 0 radical (unpaired) electrons. The second-order valence-electron chi connectivity index (χ2n) is 17.8. The molecule has 1 amide bonds. The van der Waals surface area contributed by atoms with Gasteiger partial charge in [-0.2, -0.15) is 10.2 Å². The number of hydrogen-bond acceptors (Lipinski definition) is 16. The second kappa shape index (κ2) is 20.7. The molecular weight excluding hydrogens is 817 g/mol. The van der Waals surface area contributed by atoms with Gasteiger partial charge < -0.3 is 48.5 Å². The fourth-order valence-electron chi connectivity index (χ4n) is 9.28. The molecule has 346 valence electrons. The van der Waals surface area contributed by atoms with Crippen LogP contribution in [0.3, 0.4) is 0 Å². The molecule has 2 N–H and O–H groups in total. The van der Waals surface area contributed by atoms with Gasteiger partial charge in [0.05, 0.1) is 35.9 Å². The van der Waals surface area contributed by atoms with E-state index in [1.807, 2.05) is 56.3 Å². The highest BCUT2D eigenvalue weighted by Gasteiger charge is 2.58. The molecule has 0 aliphatic carbocycles. The Morgan fingerprint density at radius 3 is 2.35 bits per heavy atom. The zero-order valence-electron chi connectivity index (χ0n) is 38.1. The first-order valence-corrected chi connectivity index (χ1v) is 21.7. The van der Waals surface area contributed by atoms with Gasteiger partial charge in [0.25, 0.3) is 0 Å². The average Bonchev–Trinajstić information content (AvgIpc) is 3.56. The molecule has 3 aliphatic rings. The fourth-order valence-corrected chi connectivity index (χ4v) is 9.28. The Kier molecular flexibility index (Phi) is 16.1. The smallest absolute Gasteiger partial charge is 0.458 e. The van der Waals surface area contributed by atoms with Crippen LogP contribution < -0.4 is 5.32 Å². The lowest BCUT2D eigenvalue weighted by molar-refractivity contribution is -0.301. The number of aliphatic hydroxyl groups excluding tert-OH is 1. The number of esters is 2. The molecule has 14 atom stereocenters. The summed E-state index contributed by atoms with van der Waals surface area (Å²) in [6.45, 7) is 14.3. The number of hydrogen-bond donors (Lipinski definition) is 2. The lowest BCUT2D eigenvalue weighted by Gasteiger charge is -2.48. The number of aliphatic hydroxyl groups is 1. The molecule has 5 rings (SSSR count). The van der Waals surface area contributed by atoms with Gasteiger partial charge in [-0.1, -0.05) is 58.0 Å². The minimum absolute atomic E-state index is 0.174. The second-order valence-corrected chi connectivity index (χ2v) is 17.8. The highest BCUT2D eigenvalue weighted by Crippen LogP contribution is 2.41. The van der Waals surface area contributed by atoms with Crippen molar-refractivity contribution < 1.29 is 62.2 Å². The molecule has 0 bridgehead atoms. The Morgan fingerprint density at radius 2 is 1.73 bits per heavy atom. The van der Waals surface area contributed by atoms with Gasteiger partial charge in [0, 0.05) is 36.4 Å². The Hall–Kier alpha value is -4.97. The number of likely N-dealkylation sites (N-methyl/N-ethyl adjacent to an activating group) is 1. The van der Waals surface area contributed by atoms with E-state index in [1.165, 1.54) is 13.8 Å². The molecule has 17 heteroatoms. The maximum absolute atomic E-state index is 14.5. The molecule has 1 aromatic carbocycles. The number of nitrogens with one attached hydrogen (secondary N) is 1. The van der Waals surface area contributed by atoms with Crippen molar-refractivity contribution in [1.29, 1.82) is 0 Å². The number of nitrogens with zero attached hydrogens (tertiary/aromatic N) is 3. The lowest BCUT2D eigenvalue weighted by Crippen LogP contribution is -2.61. The van der Waals surface area contributed by atoms with Crippen molar-refractivity contribution in [2.45, 2.75) is 142 Å². The van der Waals surface area contributed by atoms with Crippen molar-refractivity contribution in [3.63, 3.8) is 0 Å². The van der Waals surface area contributed by atoms with Crippen molar-refractivity contribution in [1.82, 2.24) is 20.4 Å². The molecule has 0 saturated carbocycles. The number of fused-ring (bicyclic) bond motifs is 1. The average molecular weight is 881 g/mol. The Morgan fingerprint density at radius 1 is 1.03 bits per heavy atom. The van der Waals surface area contributed by atoms with Crippen LogP contribution >= 0.6 is 0 Å². The summed E-state index contributed by atoms with van der Waals surface area (Å²) < 4.78 is 42.6. The van der Waals surface area contributed by atoms with Crippen molar-refractivity contribution in [2.24, 2.45) is 23.7 Å². The first kappa shape index (κ1) is 49.1. The number of rotatable bonds is 10. The summed E-state index contributed by atoms with van der Waals surface area (Å²) in [7, 11) is 3.68. The summed E-state index contributed by atoms with van der Waals surface area (Å²) in [6.07, 6.45) is -2.76. The summed E-state index contributed by atoms with van der Waals surface area (Å²) in [5.41, 5.74) is -0.800. The monoisotopic (exact) mass is 880 g/mol. The number of ketones is 1. The van der Waals surface area contributed by atoms with E-state index in [0.717, 1.165) is 16.8 Å². The predicted molar refractivity (Wildman–Crippen MR) is 228 cm³/mol. The number of carbonyl (C=O) groups is 5. The summed E-state index contributed by atoms with van der Waals surface area (Å²) in [5, 5.41) is 22.9. The fraction of sp³-hybridized carbons (Fsp3) is 0.630. The maximum Gasteiger partial charge on any atom is 0.509 e. The van der Waals surface area contributed by atoms with Crippen LogP contribution in [0.4, 0.5) is 9.59 Å². The van der Waals surface area contributed by atoms with Crippen molar-refractivity contribution in [3.05, 3.63) is 54.2 Å². The number of carbonyl (C=O) groups excluding carboxylic acids is 5. The SMILES string of the molecule is CC[C@H]1OC(=O)[C@H](C)[C@@H](O)[C@H](C)[C@@H](O[C@@H]2O[C@H](C)C[C@H](N(C)C)[C@H]2OC(C)=O)[C@](C)(OC(=O)OC/C=C/c2ccc(-c3cccnn3)cc2)C[C@@H](C)C(=O)[C@H](C)[C@H]2NC(=O)O[C@@]21C. The van der Waals surface area contributed by atoms with Crippen molar-refractivity contribution in [3.8, 4) is 11.3 Å². The van der Waals surface area contributed by atoms with Crippen LogP contribution in [0.2, 0.25) is 0 Å². The van der Waals surface area contributed by atoms with Crippen LogP contribution in [0.1, 0.15) is 87.1 Å². The topological polar surface area (TPSA) is 211 Å². The van der Waals surface area contributed by atoms with Crippen LogP contribution in [-0.2, 0) is 47.5 Å². The van der Waals surface area contributed by atoms with Gasteiger partial charge >= 0.3 is 24.2 Å². The third-order valence-corrected chi connectivity index (χ3v) is 12.7. The maximum atomic E-state index is 14.5. The molecule has 0 spiro atoms. The van der Waals surface area contributed by atoms with Crippen LogP contribution in [0.15, 0.2) is 48.7 Å². The highest BCUT2D eigenvalue weighted by molar-refractivity contribution is 5.85. The zero-order chi connectivity index (χ0) is 46.4. The molecule has 3 fully saturated rings. The van der Waals surface area contributed by atoms with E-state index >= 15 is 0 Å². The molecule has 4 heterocycles. The summed E-state index contributed by atoms with van der Waals surface area (Å²) >= 11 is 0. The van der Waals surface area contributed by atoms with Gasteiger partial charge in [0.1, 0.15) is 30.2 Å².